The molecule has 68 heavy (non-hydrogen) atoms. The third-order valence-corrected chi connectivity index (χ3v) is 11.1. The van der Waals surface area contributed by atoms with E-state index in [4.69, 9.17) is 20.2 Å². The molecule has 0 radical (unpaired) electrons. The molecule has 0 aliphatic heterocycles. The fourth-order valence-electron chi connectivity index (χ4n) is 7.81. The summed E-state index contributed by atoms with van der Waals surface area (Å²) in [5.74, 6) is 0.0433. The minimum atomic E-state index is -1.87. The Hall–Kier alpha value is -4.22. The third kappa shape index (κ3) is 16.5. The van der Waals surface area contributed by atoms with Gasteiger partial charge in [0.05, 0.1) is 46.8 Å². The van der Waals surface area contributed by atoms with E-state index in [0.717, 1.165) is 92.3 Å². The largest absolute Gasteiger partial charge is 2.00 e. The maximum absolute atomic E-state index is 13.6. The van der Waals surface area contributed by atoms with E-state index in [1.54, 1.807) is 48.6 Å². The van der Waals surface area contributed by atoms with Crippen LogP contribution in [0.1, 0.15) is 85.7 Å². The van der Waals surface area contributed by atoms with Crippen LogP contribution in [0.15, 0.2) is 109 Å². The van der Waals surface area contributed by atoms with Gasteiger partial charge in [0.25, 0.3) is 0 Å². The summed E-state index contributed by atoms with van der Waals surface area (Å²) in [7, 11) is 0. The number of hydrogen-bond donors (Lipinski definition) is 6. The zero-order valence-electron chi connectivity index (χ0n) is 37.2. The van der Waals surface area contributed by atoms with Crippen LogP contribution >= 0.6 is 0 Å². The predicted molar refractivity (Wildman–Crippen MR) is 255 cm³/mol. The topological polar surface area (TPSA) is 351 Å². The summed E-state index contributed by atoms with van der Waals surface area (Å²) in [6, 6.07) is 28.3. The Morgan fingerprint density at radius 1 is 0.500 bits per heavy atom. The number of aromatic nitrogens is 2. The molecule has 2 fully saturated rings. The molecule has 2 aromatic heterocycles. The second kappa shape index (κ2) is 28.4. The minimum Gasteiger partial charge on any atom is -0.831 e. The molecule has 2 aliphatic rings. The number of benzene rings is 4. The summed E-state index contributed by atoms with van der Waals surface area (Å²) in [6.07, 6.45) is 2.21. The summed E-state index contributed by atoms with van der Waals surface area (Å²) >= 11 is 0. The van der Waals surface area contributed by atoms with Crippen LogP contribution in [-0.4, -0.2) is 143 Å². The van der Waals surface area contributed by atoms with E-state index in [9.17, 15) is 39.4 Å². The molecule has 2 aliphatic carbocycles. The van der Waals surface area contributed by atoms with Gasteiger partial charge in [-0.1, -0.05) is 85.0 Å². The van der Waals surface area contributed by atoms with E-state index in [1.807, 2.05) is 48.5 Å². The number of fused-ring (bicyclic) bond motifs is 2. The molecule has 0 bridgehead atoms. The van der Waals surface area contributed by atoms with Crippen molar-refractivity contribution in [3.8, 4) is 22.3 Å². The number of aliphatic hydroxyl groups is 6. The molecule has 2 saturated carbocycles. The Labute approximate surface area is 422 Å². The van der Waals surface area contributed by atoms with Gasteiger partial charge in [0, 0.05) is 57.7 Å². The maximum atomic E-state index is 13.6. The van der Waals surface area contributed by atoms with Gasteiger partial charge in [-0.3, -0.25) is 9.97 Å². The molecule has 2 heterocycles. The van der Waals surface area contributed by atoms with Crippen molar-refractivity contribution in [2.75, 3.05) is 0 Å². The molecule has 364 valence electrons. The van der Waals surface area contributed by atoms with Crippen molar-refractivity contribution in [1.82, 2.24) is 9.97 Å². The first-order chi connectivity index (χ1) is 29.8. The van der Waals surface area contributed by atoms with E-state index < -0.39 is 37.0 Å². The number of nitrogens with zero attached hydrogens (tertiary/aromatic N) is 2. The molecule has 6 aromatic rings. The van der Waals surface area contributed by atoms with Gasteiger partial charge in [-0.05, 0) is 98.6 Å². The third-order valence-electron chi connectivity index (χ3n) is 11.1. The van der Waals surface area contributed by atoms with Gasteiger partial charge in [-0.25, -0.2) is 8.78 Å². The van der Waals surface area contributed by atoms with Crippen LogP contribution in [0, 0.1) is 11.6 Å². The van der Waals surface area contributed by atoms with Gasteiger partial charge in [0.2, 0.25) is 0 Å². The molecule has 16 N–H and O–H groups in total. The molecule has 0 unspecified atom stereocenters. The quantitative estimate of drug-likeness (QED) is 0.0602. The zero-order chi connectivity index (χ0) is 43.9. The molecular weight excluding hydrogens is 915 g/mol. The second-order valence-electron chi connectivity index (χ2n) is 16.2. The first kappa shape index (κ1) is 61.8. The van der Waals surface area contributed by atoms with Crippen molar-refractivity contribution in [3.63, 3.8) is 0 Å². The van der Waals surface area contributed by atoms with E-state index in [1.165, 1.54) is 24.3 Å². The Morgan fingerprint density at radius 2 is 0.824 bits per heavy atom. The summed E-state index contributed by atoms with van der Waals surface area (Å²) < 4.78 is 27.2. The van der Waals surface area contributed by atoms with Crippen LogP contribution in [0.25, 0.3) is 56.2 Å². The Balaban J connectivity index is 0.000000625. The van der Waals surface area contributed by atoms with Gasteiger partial charge >= 0.3 is 37.7 Å². The average Bonchev–Trinajstić information content (AvgIpc) is 4.17. The van der Waals surface area contributed by atoms with Gasteiger partial charge in [0.15, 0.2) is 0 Å². The molecule has 0 amide bonds. The molecule has 18 heteroatoms. The number of hydrogen-bond acceptors (Lipinski definition) is 10. The van der Waals surface area contributed by atoms with Crippen molar-refractivity contribution >= 4 is 71.7 Å². The van der Waals surface area contributed by atoms with Crippen LogP contribution < -0.4 is 10.2 Å². The predicted octanol–water partition coefficient (Wildman–Crippen LogP) is 1.72. The standard InChI is InChI=1S/2C25H25FNO4.Ca.5H2O/c2*26-17-9-7-15(8-10-17)24-20-3-1-2-4-22(20)27-25(16-5-6-16)21(24)12-11-18(28)13-19(29)14-23(30)31;;;;;;/h2*1-4,7-12,16,18-19,23,28-30H,5-6,13-14H2;;5*1H2/q2*-1;+2;;;;;/b2*12-11+;;;;;;/t2*18-,19-,23+;;;;;;/m11....../s1. The molecule has 8 rings (SSSR count). The molecule has 0 spiro atoms. The normalized spacial score (nSPS) is 15.7. The summed E-state index contributed by atoms with van der Waals surface area (Å²) in [6.45, 7) is 0. The number of halogens is 2. The van der Waals surface area contributed by atoms with E-state index in [0.29, 0.717) is 11.8 Å². The fraction of sp³-hybridized carbons (Fsp3) is 0.320. The smallest absolute Gasteiger partial charge is 0.831 e. The van der Waals surface area contributed by atoms with Crippen molar-refractivity contribution in [2.45, 2.75) is 100 Å². The minimum absolute atomic E-state index is 0. The second-order valence-corrected chi connectivity index (χ2v) is 16.2. The number of pyridine rings is 2. The first-order valence-electron chi connectivity index (χ1n) is 21.0. The van der Waals surface area contributed by atoms with E-state index in [2.05, 4.69) is 0 Å². The van der Waals surface area contributed by atoms with Crippen molar-refractivity contribution in [1.29, 1.82) is 0 Å². The monoisotopic (exact) mass is 974 g/mol. The van der Waals surface area contributed by atoms with Crippen LogP contribution in [0.5, 0.6) is 0 Å². The maximum Gasteiger partial charge on any atom is 2.00 e. The SMILES string of the molecule is O.O.O.O.O.[Ca+2].[O-][C@H](O)C[C@H](O)C[C@H](O)/C=C/c1c(C2CC2)nc2ccccc2c1-c1ccc(F)cc1.[O-][C@H](O)C[C@H](O)C[C@H](O)/C=C/c1c(C2CC2)nc2ccccc2c1-c1ccc(F)cc1. The van der Waals surface area contributed by atoms with Crippen molar-refractivity contribution in [3.05, 3.63) is 143 Å². The van der Waals surface area contributed by atoms with Gasteiger partial charge < -0.3 is 68.2 Å². The molecular formula is C50H60CaF2N2O13. The van der Waals surface area contributed by atoms with Gasteiger partial charge in [0.1, 0.15) is 11.6 Å². The number of aliphatic hydroxyl groups excluding tert-OH is 6. The van der Waals surface area contributed by atoms with Gasteiger partial charge in [-0.15, -0.1) is 0 Å². The zero-order valence-corrected chi connectivity index (χ0v) is 39.4. The van der Waals surface area contributed by atoms with Crippen LogP contribution in [-0.2, 0) is 0 Å². The summed E-state index contributed by atoms with van der Waals surface area (Å²) in [4.78, 5) is 9.78. The number of rotatable bonds is 16. The first-order valence-corrected chi connectivity index (χ1v) is 21.0. The van der Waals surface area contributed by atoms with Crippen molar-refractivity contribution in [2.24, 2.45) is 0 Å². The Kier molecular flexibility index (Phi) is 25.9. The van der Waals surface area contributed by atoms with Crippen LogP contribution in [0.3, 0.4) is 0 Å². The average molecular weight is 975 g/mol. The molecule has 0 saturated heterocycles. The Morgan fingerprint density at radius 3 is 1.13 bits per heavy atom. The Bertz CT molecular complexity index is 2350. The molecule has 4 aromatic carbocycles. The van der Waals surface area contributed by atoms with Crippen LogP contribution in [0.4, 0.5) is 8.78 Å². The van der Waals surface area contributed by atoms with Gasteiger partial charge in [-0.2, -0.15) is 0 Å². The summed E-state index contributed by atoms with van der Waals surface area (Å²) in [5.41, 5.74) is 8.89. The van der Waals surface area contributed by atoms with Crippen molar-refractivity contribution < 1.29 is 77.0 Å². The number of para-hydroxylation sites is 2. The van der Waals surface area contributed by atoms with E-state index >= 15 is 0 Å². The summed E-state index contributed by atoms with van der Waals surface area (Å²) in [5, 5.41) is 81.7. The molecule has 15 nitrogen and oxygen atoms in total. The van der Waals surface area contributed by atoms with E-state index in [-0.39, 0.29) is 102 Å². The fourth-order valence-corrected chi connectivity index (χ4v) is 7.81. The van der Waals surface area contributed by atoms with Crippen LogP contribution in [0.2, 0.25) is 0 Å². The molecule has 6 atom stereocenters.